The van der Waals surface area contributed by atoms with Crippen molar-refractivity contribution in [1.29, 1.82) is 0 Å². The van der Waals surface area contributed by atoms with Gasteiger partial charge in [0.25, 0.3) is 0 Å². The summed E-state index contributed by atoms with van der Waals surface area (Å²) in [7, 11) is 0. The molecule has 2 N–H and O–H groups in total. The van der Waals surface area contributed by atoms with E-state index in [1.165, 1.54) is 19.3 Å². The Morgan fingerprint density at radius 3 is 3.08 bits per heavy atom. The largest absolute Gasteiger partial charge is 0.394 e. The first-order valence-electron chi connectivity index (χ1n) is 4.79. The molecule has 0 radical (unpaired) electrons. The molecule has 1 heterocycles. The Balaban J connectivity index is 1.88. The summed E-state index contributed by atoms with van der Waals surface area (Å²) in [6.45, 7) is 0.719. The van der Waals surface area contributed by atoms with Crippen LogP contribution in [0.1, 0.15) is 19.3 Å². The van der Waals surface area contributed by atoms with Crippen molar-refractivity contribution in [2.45, 2.75) is 31.8 Å². The van der Waals surface area contributed by atoms with Crippen LogP contribution in [0.15, 0.2) is 12.3 Å². The highest BCUT2D eigenvalue weighted by atomic mass is 16.3. The van der Waals surface area contributed by atoms with Gasteiger partial charge >= 0.3 is 0 Å². The van der Waals surface area contributed by atoms with Crippen molar-refractivity contribution in [2.75, 3.05) is 11.9 Å². The van der Waals surface area contributed by atoms with Crippen molar-refractivity contribution in [3.63, 3.8) is 0 Å². The van der Waals surface area contributed by atoms with Gasteiger partial charge in [-0.1, -0.05) is 0 Å². The zero-order valence-corrected chi connectivity index (χ0v) is 7.61. The highest BCUT2D eigenvalue weighted by molar-refractivity contribution is 5.34. The molecule has 0 saturated heterocycles. The Hall–Kier alpha value is -1.03. The van der Waals surface area contributed by atoms with Gasteiger partial charge < -0.3 is 10.4 Å². The summed E-state index contributed by atoms with van der Waals surface area (Å²) in [5.41, 5.74) is 0. The van der Waals surface area contributed by atoms with E-state index < -0.39 is 0 Å². The summed E-state index contributed by atoms with van der Waals surface area (Å²) >= 11 is 0. The van der Waals surface area contributed by atoms with Crippen LogP contribution in [0.25, 0.3) is 0 Å². The second-order valence-electron chi connectivity index (χ2n) is 3.46. The number of hydrogen-bond donors (Lipinski definition) is 2. The van der Waals surface area contributed by atoms with Crippen LogP contribution in [-0.2, 0) is 6.54 Å². The molecular weight excluding hydrogens is 166 g/mol. The van der Waals surface area contributed by atoms with E-state index in [4.69, 9.17) is 5.11 Å². The maximum atomic E-state index is 8.69. The minimum Gasteiger partial charge on any atom is -0.394 e. The topological polar surface area (TPSA) is 50.1 Å². The number of rotatable bonds is 4. The molecule has 0 aromatic carbocycles. The minimum atomic E-state index is 0.143. The lowest BCUT2D eigenvalue weighted by atomic mass is 9.93. The fourth-order valence-electron chi connectivity index (χ4n) is 1.43. The van der Waals surface area contributed by atoms with Gasteiger partial charge in [0.05, 0.1) is 13.2 Å². The van der Waals surface area contributed by atoms with Gasteiger partial charge in [0, 0.05) is 18.3 Å². The lowest BCUT2D eigenvalue weighted by Gasteiger charge is -2.26. The normalized spacial score (nSPS) is 17.0. The molecule has 1 saturated carbocycles. The molecule has 1 aromatic heterocycles. The number of aromatic nitrogens is 2. The molecule has 1 aliphatic carbocycles. The summed E-state index contributed by atoms with van der Waals surface area (Å²) in [6, 6.07) is 2.58. The Labute approximate surface area is 77.6 Å². The van der Waals surface area contributed by atoms with E-state index in [-0.39, 0.29) is 6.61 Å². The van der Waals surface area contributed by atoms with E-state index in [0.29, 0.717) is 12.6 Å². The fraction of sp³-hybridized carbons (Fsp3) is 0.667. The van der Waals surface area contributed by atoms with Crippen LogP contribution in [0.2, 0.25) is 0 Å². The van der Waals surface area contributed by atoms with Crippen molar-refractivity contribution >= 4 is 5.82 Å². The highest BCUT2D eigenvalue weighted by Crippen LogP contribution is 2.21. The third-order valence-corrected chi connectivity index (χ3v) is 2.43. The number of anilines is 1. The smallest absolute Gasteiger partial charge is 0.148 e. The second kappa shape index (κ2) is 3.79. The van der Waals surface area contributed by atoms with E-state index in [0.717, 1.165) is 5.82 Å². The van der Waals surface area contributed by atoms with Gasteiger partial charge in [-0.2, -0.15) is 5.10 Å². The lowest BCUT2D eigenvalue weighted by molar-refractivity contribution is 0.269. The number of aliphatic hydroxyl groups is 1. The Kier molecular flexibility index (Phi) is 2.49. The molecule has 0 aliphatic heterocycles. The van der Waals surface area contributed by atoms with E-state index in [9.17, 15) is 0 Å². The van der Waals surface area contributed by atoms with Crippen LogP contribution < -0.4 is 5.32 Å². The van der Waals surface area contributed by atoms with Crippen LogP contribution in [0.5, 0.6) is 0 Å². The van der Waals surface area contributed by atoms with Crippen molar-refractivity contribution in [3.05, 3.63) is 12.3 Å². The summed E-state index contributed by atoms with van der Waals surface area (Å²) in [5, 5.41) is 16.3. The van der Waals surface area contributed by atoms with Gasteiger partial charge in [0.2, 0.25) is 0 Å². The molecule has 0 spiro atoms. The third kappa shape index (κ3) is 2.01. The van der Waals surface area contributed by atoms with Crippen LogP contribution in [0, 0.1) is 0 Å². The maximum Gasteiger partial charge on any atom is 0.148 e. The number of nitrogens with one attached hydrogen (secondary N) is 1. The Morgan fingerprint density at radius 1 is 1.62 bits per heavy atom. The monoisotopic (exact) mass is 181 g/mol. The van der Waals surface area contributed by atoms with Crippen molar-refractivity contribution in [3.8, 4) is 0 Å². The molecular formula is C9H15N3O. The molecule has 0 amide bonds. The predicted octanol–water partition coefficient (Wildman–Crippen LogP) is 0.840. The Bertz CT molecular complexity index is 268. The fourth-order valence-corrected chi connectivity index (χ4v) is 1.43. The van der Waals surface area contributed by atoms with Gasteiger partial charge in [-0.05, 0) is 19.3 Å². The van der Waals surface area contributed by atoms with E-state index in [2.05, 4.69) is 10.4 Å². The van der Waals surface area contributed by atoms with E-state index in [1.807, 2.05) is 12.3 Å². The molecule has 1 fully saturated rings. The Morgan fingerprint density at radius 2 is 2.46 bits per heavy atom. The summed E-state index contributed by atoms with van der Waals surface area (Å²) in [4.78, 5) is 0. The van der Waals surface area contributed by atoms with Crippen LogP contribution >= 0.6 is 0 Å². The zero-order valence-electron chi connectivity index (χ0n) is 7.61. The maximum absolute atomic E-state index is 8.69. The number of nitrogens with zero attached hydrogens (tertiary/aromatic N) is 2. The third-order valence-electron chi connectivity index (χ3n) is 2.43. The number of aliphatic hydroxyl groups excluding tert-OH is 1. The standard InChI is InChI=1S/C9H15N3O/c13-7-6-12-5-4-9(11-12)10-8-2-1-3-8/h4-5,8,13H,1-3,6-7H2,(H,10,11). The quantitative estimate of drug-likeness (QED) is 0.723. The molecule has 0 atom stereocenters. The first-order chi connectivity index (χ1) is 6.38. The van der Waals surface area contributed by atoms with E-state index >= 15 is 0 Å². The molecule has 0 unspecified atom stereocenters. The molecule has 2 rings (SSSR count). The molecule has 1 aliphatic rings. The summed E-state index contributed by atoms with van der Waals surface area (Å²) in [5.74, 6) is 0.929. The molecule has 0 bridgehead atoms. The predicted molar refractivity (Wildman–Crippen MR) is 50.6 cm³/mol. The van der Waals surface area contributed by atoms with E-state index in [1.54, 1.807) is 4.68 Å². The lowest BCUT2D eigenvalue weighted by Crippen LogP contribution is -2.27. The molecule has 4 heteroatoms. The van der Waals surface area contributed by atoms with Gasteiger partial charge in [-0.15, -0.1) is 0 Å². The van der Waals surface area contributed by atoms with Crippen molar-refractivity contribution < 1.29 is 5.11 Å². The van der Waals surface area contributed by atoms with Gasteiger partial charge in [-0.3, -0.25) is 4.68 Å². The summed E-state index contributed by atoms with van der Waals surface area (Å²) in [6.07, 6.45) is 5.73. The van der Waals surface area contributed by atoms with Crippen LogP contribution in [0.4, 0.5) is 5.82 Å². The van der Waals surface area contributed by atoms with Crippen LogP contribution in [0.3, 0.4) is 0 Å². The van der Waals surface area contributed by atoms with Crippen LogP contribution in [-0.4, -0.2) is 27.5 Å². The highest BCUT2D eigenvalue weighted by Gasteiger charge is 2.17. The number of hydrogen-bond acceptors (Lipinski definition) is 3. The molecule has 13 heavy (non-hydrogen) atoms. The minimum absolute atomic E-state index is 0.143. The van der Waals surface area contributed by atoms with Crippen molar-refractivity contribution in [2.24, 2.45) is 0 Å². The first-order valence-corrected chi connectivity index (χ1v) is 4.79. The zero-order chi connectivity index (χ0) is 9.10. The summed E-state index contributed by atoms with van der Waals surface area (Å²) < 4.78 is 1.75. The molecule has 1 aromatic rings. The SMILES string of the molecule is OCCn1ccc(NC2CCC2)n1. The first kappa shape index (κ1) is 8.56. The molecule has 72 valence electrons. The second-order valence-corrected chi connectivity index (χ2v) is 3.46. The molecule has 4 nitrogen and oxygen atoms in total. The van der Waals surface area contributed by atoms with Gasteiger partial charge in [0.1, 0.15) is 5.82 Å². The van der Waals surface area contributed by atoms with Crippen molar-refractivity contribution in [1.82, 2.24) is 9.78 Å². The van der Waals surface area contributed by atoms with Gasteiger partial charge in [-0.25, -0.2) is 0 Å². The average molecular weight is 181 g/mol. The average Bonchev–Trinajstić information content (AvgIpc) is 2.46. The van der Waals surface area contributed by atoms with Gasteiger partial charge in [0.15, 0.2) is 0 Å².